The van der Waals surface area contributed by atoms with E-state index in [0.29, 0.717) is 27.3 Å². The first-order valence-electron chi connectivity index (χ1n) is 5.77. The van der Waals surface area contributed by atoms with Crippen molar-refractivity contribution in [3.63, 3.8) is 0 Å². The van der Waals surface area contributed by atoms with Crippen LogP contribution >= 0.6 is 11.6 Å². The zero-order valence-electron chi connectivity index (χ0n) is 10.2. The molecule has 94 valence electrons. The first-order valence-corrected chi connectivity index (χ1v) is 6.15. The van der Waals surface area contributed by atoms with Crippen LogP contribution in [0.1, 0.15) is 5.56 Å². The van der Waals surface area contributed by atoms with Crippen molar-refractivity contribution in [2.24, 2.45) is 4.99 Å². The molecule has 0 atom stereocenters. The molecular weight excluding hydrogens is 262 g/mol. The zero-order valence-corrected chi connectivity index (χ0v) is 10.9. The summed E-state index contributed by atoms with van der Waals surface area (Å²) >= 11 is 6.16. The van der Waals surface area contributed by atoms with Gasteiger partial charge in [-0.25, -0.2) is 4.99 Å². The van der Waals surface area contributed by atoms with Gasteiger partial charge < -0.3 is 4.74 Å². The fraction of sp³-hybridized carbons (Fsp3) is 0.0667. The quantitative estimate of drug-likeness (QED) is 0.834. The number of hydrogen-bond acceptors (Lipinski definition) is 2. The van der Waals surface area contributed by atoms with Gasteiger partial charge in [0.1, 0.15) is 5.75 Å². The molecule has 0 unspecified atom stereocenters. The first kappa shape index (κ1) is 11.9. The monoisotopic (exact) mass is 271 g/mol. The lowest BCUT2D eigenvalue weighted by atomic mass is 10.0. The van der Waals surface area contributed by atoms with Gasteiger partial charge in [0.05, 0.1) is 18.0 Å². The highest BCUT2D eigenvalue weighted by atomic mass is 35.5. The third kappa shape index (κ3) is 1.92. The van der Waals surface area contributed by atoms with E-state index in [9.17, 15) is 4.79 Å². The molecule has 0 saturated carbocycles. The van der Waals surface area contributed by atoms with E-state index in [0.717, 1.165) is 5.22 Å². The Morgan fingerprint density at radius 1 is 1.16 bits per heavy atom. The molecule has 4 heteroatoms. The number of rotatable bonds is 2. The van der Waals surface area contributed by atoms with E-state index in [-0.39, 0.29) is 5.91 Å². The number of carbonyl (C=O) groups is 1. The molecule has 19 heavy (non-hydrogen) atoms. The Balaban J connectivity index is 2.38. The number of nitrogens with zero attached hydrogens (tertiary/aromatic N) is 1. The third-order valence-corrected chi connectivity index (χ3v) is 3.38. The average Bonchev–Trinajstić information content (AvgIpc) is 2.74. The molecule has 3 rings (SSSR count). The molecule has 1 amide bonds. The van der Waals surface area contributed by atoms with E-state index in [4.69, 9.17) is 16.3 Å². The van der Waals surface area contributed by atoms with Crippen molar-refractivity contribution in [3.05, 3.63) is 63.6 Å². The molecule has 0 aromatic heterocycles. The van der Waals surface area contributed by atoms with Gasteiger partial charge in [0.2, 0.25) is 0 Å². The predicted molar refractivity (Wildman–Crippen MR) is 72.7 cm³/mol. The van der Waals surface area contributed by atoms with Crippen molar-refractivity contribution in [3.8, 4) is 5.75 Å². The van der Waals surface area contributed by atoms with Crippen LogP contribution in [-0.4, -0.2) is 13.0 Å². The number of carbonyl (C=O) groups excluding carboxylic acids is 1. The maximum absolute atomic E-state index is 12.1. The summed E-state index contributed by atoms with van der Waals surface area (Å²) in [6.07, 6.45) is 0. The highest BCUT2D eigenvalue weighted by molar-refractivity contribution is 6.35. The molecule has 0 fully saturated rings. The predicted octanol–water partition coefficient (Wildman–Crippen LogP) is 1.71. The molecule has 3 nitrogen and oxygen atoms in total. The second kappa shape index (κ2) is 4.52. The van der Waals surface area contributed by atoms with E-state index in [2.05, 4.69) is 4.99 Å². The van der Waals surface area contributed by atoms with Gasteiger partial charge in [-0.05, 0) is 24.3 Å². The molecule has 0 bridgehead atoms. The summed E-state index contributed by atoms with van der Waals surface area (Å²) in [6, 6.07) is 12.6. The minimum absolute atomic E-state index is 0.267. The lowest BCUT2D eigenvalue weighted by Crippen LogP contribution is -2.23. The van der Waals surface area contributed by atoms with Gasteiger partial charge in [0.25, 0.3) is 5.91 Å². The molecule has 0 radical (unpaired) electrons. The zero-order chi connectivity index (χ0) is 13.4. The summed E-state index contributed by atoms with van der Waals surface area (Å²) in [5.74, 6) is 0.421. The maximum atomic E-state index is 12.1. The van der Waals surface area contributed by atoms with E-state index in [1.165, 1.54) is 0 Å². The number of benzene rings is 2. The summed E-state index contributed by atoms with van der Waals surface area (Å²) < 4.78 is 5.19. The fourth-order valence-electron chi connectivity index (χ4n) is 2.14. The van der Waals surface area contributed by atoms with Crippen LogP contribution < -0.4 is 15.3 Å². The van der Waals surface area contributed by atoms with E-state index < -0.39 is 0 Å². The Bertz CT molecular complexity index is 796. The molecule has 0 aliphatic carbocycles. The van der Waals surface area contributed by atoms with Crippen LogP contribution in [0.4, 0.5) is 0 Å². The molecule has 0 saturated heterocycles. The van der Waals surface area contributed by atoms with Gasteiger partial charge >= 0.3 is 0 Å². The van der Waals surface area contributed by atoms with Gasteiger partial charge in [0.15, 0.2) is 0 Å². The maximum Gasteiger partial charge on any atom is 0.278 e. The van der Waals surface area contributed by atoms with Crippen LogP contribution in [0.15, 0.2) is 47.5 Å². The highest BCUT2D eigenvalue weighted by Crippen LogP contribution is 2.23. The van der Waals surface area contributed by atoms with Gasteiger partial charge in [-0.3, -0.25) is 4.79 Å². The van der Waals surface area contributed by atoms with Crippen molar-refractivity contribution in [2.75, 3.05) is 7.11 Å². The molecular formula is C15H10ClNO2. The van der Waals surface area contributed by atoms with Crippen LogP contribution in [-0.2, 0) is 4.79 Å². The van der Waals surface area contributed by atoms with Gasteiger partial charge in [-0.15, -0.1) is 0 Å². The van der Waals surface area contributed by atoms with Gasteiger partial charge in [-0.1, -0.05) is 29.8 Å². The fourth-order valence-corrected chi connectivity index (χ4v) is 2.37. The smallest absolute Gasteiger partial charge is 0.278 e. The van der Waals surface area contributed by atoms with Crippen LogP contribution in [0.25, 0.3) is 5.57 Å². The Morgan fingerprint density at radius 3 is 2.68 bits per heavy atom. The average molecular weight is 272 g/mol. The first-order chi connectivity index (χ1) is 9.20. The normalized spacial score (nSPS) is 13.2. The van der Waals surface area contributed by atoms with Crippen LogP contribution in [0.3, 0.4) is 0 Å². The minimum Gasteiger partial charge on any atom is -0.497 e. The molecule has 2 aromatic rings. The topological polar surface area (TPSA) is 38.7 Å². The number of methoxy groups -OCH3 is 1. The number of halogens is 1. The summed E-state index contributed by atoms with van der Waals surface area (Å²) in [5.41, 5.74) is 1.23. The Morgan fingerprint density at radius 2 is 1.95 bits per heavy atom. The van der Waals surface area contributed by atoms with Crippen LogP contribution in [0, 0.1) is 0 Å². The van der Waals surface area contributed by atoms with Gasteiger partial charge in [-0.2, -0.15) is 0 Å². The number of fused-ring (bicyclic) bond motifs is 1. The van der Waals surface area contributed by atoms with Crippen molar-refractivity contribution in [1.29, 1.82) is 0 Å². The Kier molecular flexibility index (Phi) is 2.84. The summed E-state index contributed by atoms with van der Waals surface area (Å²) in [6.45, 7) is 0. The molecule has 1 aliphatic rings. The van der Waals surface area contributed by atoms with Crippen molar-refractivity contribution in [1.82, 2.24) is 0 Å². The lowest BCUT2D eigenvalue weighted by Gasteiger charge is -2.03. The largest absolute Gasteiger partial charge is 0.497 e. The second-order valence-electron chi connectivity index (χ2n) is 4.15. The molecule has 1 heterocycles. The lowest BCUT2D eigenvalue weighted by molar-refractivity contribution is -0.112. The van der Waals surface area contributed by atoms with E-state index in [1.807, 2.05) is 24.3 Å². The van der Waals surface area contributed by atoms with Crippen molar-refractivity contribution >= 4 is 23.1 Å². The van der Waals surface area contributed by atoms with Crippen molar-refractivity contribution in [2.45, 2.75) is 0 Å². The highest BCUT2D eigenvalue weighted by Gasteiger charge is 2.20. The SMILES string of the molecule is COc1ccc2c(c1)=C(c1ccccc1Cl)C(=O)N=2. The summed E-state index contributed by atoms with van der Waals surface area (Å²) in [4.78, 5) is 16.1. The summed E-state index contributed by atoms with van der Waals surface area (Å²) in [7, 11) is 1.59. The number of hydrogen-bond donors (Lipinski definition) is 0. The number of ether oxygens (including phenoxy) is 1. The molecule has 1 aliphatic heterocycles. The minimum atomic E-state index is -0.267. The summed E-state index contributed by atoms with van der Waals surface area (Å²) in [5, 5.41) is 1.95. The molecule has 2 aromatic carbocycles. The Labute approximate surface area is 114 Å². The van der Waals surface area contributed by atoms with E-state index in [1.54, 1.807) is 25.3 Å². The van der Waals surface area contributed by atoms with E-state index >= 15 is 0 Å². The molecule has 0 N–H and O–H groups in total. The van der Waals surface area contributed by atoms with Crippen LogP contribution in [0.2, 0.25) is 5.02 Å². The second-order valence-corrected chi connectivity index (χ2v) is 4.56. The van der Waals surface area contributed by atoms with Gasteiger partial charge in [0, 0.05) is 15.8 Å². The third-order valence-electron chi connectivity index (χ3n) is 3.05. The molecule has 0 spiro atoms. The van der Waals surface area contributed by atoms with Crippen LogP contribution in [0.5, 0.6) is 5.75 Å². The standard InChI is InChI=1S/C15H10ClNO2/c1-19-9-6-7-13-11(8-9)14(15(18)17-13)10-4-2-3-5-12(10)16/h2-8H,1H3. The Hall–Kier alpha value is -2.13. The van der Waals surface area contributed by atoms with Crippen molar-refractivity contribution < 1.29 is 9.53 Å². The number of amides is 1.